The monoisotopic (exact) mass is 185 g/mol. The summed E-state index contributed by atoms with van der Waals surface area (Å²) in [6.07, 6.45) is 0. The van der Waals surface area contributed by atoms with Crippen LogP contribution in [0.3, 0.4) is 0 Å². The van der Waals surface area contributed by atoms with Gasteiger partial charge in [-0.3, -0.25) is 4.79 Å². The Morgan fingerprint density at radius 2 is 2.25 bits per heavy atom. The molecule has 0 bridgehead atoms. The third-order valence-corrected chi connectivity index (χ3v) is 1.64. The molecular weight excluding hydrogens is 178 g/mol. The fourth-order valence-corrected chi connectivity index (χ4v) is 1.23. The molecule has 4 nitrogen and oxygen atoms in total. The van der Waals surface area contributed by atoms with Gasteiger partial charge in [0.05, 0.1) is 5.56 Å². The van der Waals surface area contributed by atoms with E-state index < -0.39 is 0 Å². The summed E-state index contributed by atoms with van der Waals surface area (Å²) in [4.78, 5) is 17.5. The van der Waals surface area contributed by atoms with E-state index in [1.54, 1.807) is 6.92 Å². The van der Waals surface area contributed by atoms with Gasteiger partial charge < -0.3 is 10.4 Å². The molecule has 0 fully saturated rings. The van der Waals surface area contributed by atoms with Crippen LogP contribution in [-0.2, 0) is 0 Å². The summed E-state index contributed by atoms with van der Waals surface area (Å²) >= 11 is 5.66. The number of aromatic nitrogens is 2. The zero-order valence-corrected chi connectivity index (χ0v) is 7.49. The van der Waals surface area contributed by atoms with Crippen molar-refractivity contribution < 1.29 is 0 Å². The van der Waals surface area contributed by atoms with Crippen LogP contribution in [0, 0.1) is 12.3 Å². The van der Waals surface area contributed by atoms with Crippen LogP contribution in [0.4, 0.5) is 0 Å². The number of rotatable bonds is 1. The zero-order chi connectivity index (χ0) is 9.30. The van der Waals surface area contributed by atoms with Gasteiger partial charge in [0.1, 0.15) is 11.0 Å². The minimum atomic E-state index is -0.361. The van der Waals surface area contributed by atoms with Crippen LogP contribution in [0.15, 0.2) is 4.79 Å². The number of hydrogen-bond acceptors (Lipinski definition) is 3. The summed E-state index contributed by atoms with van der Waals surface area (Å²) < 4.78 is 0. The lowest BCUT2D eigenvalue weighted by molar-refractivity contribution is 1.01. The number of H-pyrrole nitrogens is 1. The fourth-order valence-electron chi connectivity index (χ4n) is 0.877. The molecule has 0 aliphatic heterocycles. The summed E-state index contributed by atoms with van der Waals surface area (Å²) in [6.45, 7) is 3.13. The van der Waals surface area contributed by atoms with Gasteiger partial charge in [-0.25, -0.2) is 4.98 Å². The Balaban J connectivity index is 3.49. The van der Waals surface area contributed by atoms with Crippen LogP contribution in [0.25, 0.3) is 0 Å². The van der Waals surface area contributed by atoms with Crippen LogP contribution in [0.2, 0.25) is 5.15 Å². The fraction of sp³-hybridized carbons (Fsp3) is 0.286. The molecule has 0 atom stereocenters. The minimum absolute atomic E-state index is 0.0868. The molecule has 0 aromatic carbocycles. The van der Waals surface area contributed by atoms with Crippen molar-refractivity contribution in [3.63, 3.8) is 0 Å². The summed E-state index contributed by atoms with van der Waals surface area (Å²) in [5.41, 5.74) is -0.101. The summed E-state index contributed by atoms with van der Waals surface area (Å²) in [6, 6.07) is 0. The van der Waals surface area contributed by atoms with Crippen molar-refractivity contribution in [3.8, 4) is 0 Å². The number of aryl methyl sites for hydroxylation is 1. The van der Waals surface area contributed by atoms with E-state index in [2.05, 4.69) is 9.97 Å². The van der Waals surface area contributed by atoms with Crippen molar-refractivity contribution in [1.29, 1.82) is 5.41 Å². The maximum Gasteiger partial charge on any atom is 0.261 e. The molecule has 0 aliphatic carbocycles. The van der Waals surface area contributed by atoms with Gasteiger partial charge in [0.25, 0.3) is 5.56 Å². The third-order valence-electron chi connectivity index (χ3n) is 1.37. The Kier molecular flexibility index (Phi) is 2.28. The van der Waals surface area contributed by atoms with Crippen LogP contribution in [-0.4, -0.2) is 15.7 Å². The van der Waals surface area contributed by atoms with Crippen molar-refractivity contribution in [3.05, 3.63) is 26.9 Å². The van der Waals surface area contributed by atoms with Crippen molar-refractivity contribution >= 4 is 17.3 Å². The van der Waals surface area contributed by atoms with Crippen LogP contribution in [0.5, 0.6) is 0 Å². The highest BCUT2D eigenvalue weighted by Crippen LogP contribution is 2.07. The van der Waals surface area contributed by atoms with E-state index >= 15 is 0 Å². The molecule has 0 saturated carbocycles. The van der Waals surface area contributed by atoms with E-state index in [1.165, 1.54) is 6.92 Å². The average Bonchev–Trinajstić information content (AvgIpc) is 1.82. The van der Waals surface area contributed by atoms with E-state index in [4.69, 9.17) is 17.0 Å². The normalized spacial score (nSPS) is 9.92. The second-order valence-corrected chi connectivity index (χ2v) is 2.80. The van der Waals surface area contributed by atoms with Crippen molar-refractivity contribution in [2.75, 3.05) is 0 Å². The SMILES string of the molecule is CC(=N)c1c(Cl)nc(C)[nH]c1=O. The standard InChI is InChI=1S/C7H8ClN3O/c1-3(9)5-6(8)10-4(2)11-7(5)12/h9H,1-2H3,(H,10,11,12). The molecule has 5 heteroatoms. The number of nitrogens with zero attached hydrogens (tertiary/aromatic N) is 1. The van der Waals surface area contributed by atoms with E-state index in [0.29, 0.717) is 5.82 Å². The van der Waals surface area contributed by atoms with Crippen LogP contribution >= 0.6 is 11.6 Å². The van der Waals surface area contributed by atoms with Crippen LogP contribution in [0.1, 0.15) is 18.3 Å². The Morgan fingerprint density at radius 1 is 1.67 bits per heavy atom. The van der Waals surface area contributed by atoms with Crippen molar-refractivity contribution in [2.24, 2.45) is 0 Å². The first-order valence-electron chi connectivity index (χ1n) is 3.34. The highest BCUT2D eigenvalue weighted by atomic mass is 35.5. The van der Waals surface area contributed by atoms with Gasteiger partial charge >= 0.3 is 0 Å². The number of aromatic amines is 1. The lowest BCUT2D eigenvalue weighted by Gasteiger charge is -1.99. The highest BCUT2D eigenvalue weighted by molar-refractivity contribution is 6.32. The molecule has 64 valence electrons. The lowest BCUT2D eigenvalue weighted by atomic mass is 10.2. The highest BCUT2D eigenvalue weighted by Gasteiger charge is 2.09. The molecule has 0 radical (unpaired) electrons. The van der Waals surface area contributed by atoms with Gasteiger partial charge in [0.15, 0.2) is 0 Å². The predicted octanol–water partition coefficient (Wildman–Crippen LogP) is 1.12. The average molecular weight is 186 g/mol. The summed E-state index contributed by atoms with van der Waals surface area (Å²) in [7, 11) is 0. The topological polar surface area (TPSA) is 69.6 Å². The van der Waals surface area contributed by atoms with Gasteiger partial charge in [-0.15, -0.1) is 0 Å². The number of nitrogens with one attached hydrogen (secondary N) is 2. The Morgan fingerprint density at radius 3 is 2.67 bits per heavy atom. The Hall–Kier alpha value is -1.16. The lowest BCUT2D eigenvalue weighted by Crippen LogP contribution is -2.19. The maximum absolute atomic E-state index is 11.2. The molecule has 0 amide bonds. The minimum Gasteiger partial charge on any atom is -0.310 e. The number of hydrogen-bond donors (Lipinski definition) is 2. The van der Waals surface area contributed by atoms with E-state index in [-0.39, 0.29) is 22.0 Å². The molecular formula is C7H8ClN3O. The summed E-state index contributed by atoms with van der Waals surface area (Å²) in [5, 5.41) is 7.33. The van der Waals surface area contributed by atoms with Gasteiger partial charge in [-0.1, -0.05) is 11.6 Å². The van der Waals surface area contributed by atoms with Gasteiger partial charge in [0, 0.05) is 5.71 Å². The molecule has 2 N–H and O–H groups in total. The molecule has 0 saturated heterocycles. The smallest absolute Gasteiger partial charge is 0.261 e. The van der Waals surface area contributed by atoms with Gasteiger partial charge in [0.2, 0.25) is 0 Å². The van der Waals surface area contributed by atoms with E-state index in [0.717, 1.165) is 0 Å². The molecule has 0 spiro atoms. The molecule has 1 rings (SSSR count). The van der Waals surface area contributed by atoms with Gasteiger partial charge in [-0.05, 0) is 13.8 Å². The predicted molar refractivity (Wildman–Crippen MR) is 47.1 cm³/mol. The van der Waals surface area contributed by atoms with Gasteiger partial charge in [-0.2, -0.15) is 0 Å². The van der Waals surface area contributed by atoms with E-state index in [9.17, 15) is 4.79 Å². The second kappa shape index (κ2) is 3.06. The maximum atomic E-state index is 11.2. The first kappa shape index (κ1) is 8.93. The first-order chi connectivity index (χ1) is 5.52. The quantitative estimate of drug-likeness (QED) is 0.509. The molecule has 12 heavy (non-hydrogen) atoms. The van der Waals surface area contributed by atoms with Crippen molar-refractivity contribution in [1.82, 2.24) is 9.97 Å². The van der Waals surface area contributed by atoms with E-state index in [1.807, 2.05) is 0 Å². The Bertz CT molecular complexity index is 383. The molecule has 1 heterocycles. The Labute approximate surface area is 74.1 Å². The second-order valence-electron chi connectivity index (χ2n) is 2.44. The molecule has 0 aliphatic rings. The molecule has 1 aromatic rings. The molecule has 1 aromatic heterocycles. The summed E-state index contributed by atoms with van der Waals surface area (Å²) in [5.74, 6) is 0.454. The van der Waals surface area contributed by atoms with Crippen molar-refractivity contribution in [2.45, 2.75) is 13.8 Å². The number of halogens is 1. The zero-order valence-electron chi connectivity index (χ0n) is 6.73. The first-order valence-corrected chi connectivity index (χ1v) is 3.72. The third kappa shape index (κ3) is 1.53. The largest absolute Gasteiger partial charge is 0.310 e. The molecule has 0 unspecified atom stereocenters. The van der Waals surface area contributed by atoms with Crippen LogP contribution < -0.4 is 5.56 Å².